The van der Waals surface area contributed by atoms with E-state index >= 15 is 0 Å². The van der Waals surface area contributed by atoms with Crippen molar-refractivity contribution in [1.29, 1.82) is 0 Å². The molecule has 1 heterocycles. The summed E-state index contributed by atoms with van der Waals surface area (Å²) in [5, 5.41) is 11.5. The maximum absolute atomic E-state index is 14.0. The van der Waals surface area contributed by atoms with Crippen LogP contribution in [0.4, 0.5) is 16.2 Å². The van der Waals surface area contributed by atoms with E-state index in [1.165, 1.54) is 13.8 Å². The second-order valence-electron chi connectivity index (χ2n) is 9.16. The number of carbonyl (C=O) groups is 5. The lowest BCUT2D eigenvalue weighted by atomic mass is 9.84. The van der Waals surface area contributed by atoms with Crippen molar-refractivity contribution in [3.05, 3.63) is 33.9 Å². The molecule has 1 fully saturated rings. The standard InChI is InChI=1S/C23H26N2O10/c1-7-33-17(27)16-22(12(3)26,19(29)34-8-2)23(16)14-11-13(25(31)32)9-10-15(14)24(18(23)28)20(30)35-21(4,5)6/h9-11,16H,7-8H2,1-6H3/t16-,22+,23+/m1/s1. The summed E-state index contributed by atoms with van der Waals surface area (Å²) in [6.07, 6.45) is -1.13. The number of nitro benzene ring substituents is 1. The normalized spacial score (nSPS) is 24.6. The fraction of sp³-hybridized carbons (Fsp3) is 0.522. The third kappa shape index (κ3) is 3.46. The number of rotatable bonds is 6. The van der Waals surface area contributed by atoms with Gasteiger partial charge in [0.05, 0.1) is 23.8 Å². The molecule has 2 aliphatic rings. The number of carbonyl (C=O) groups excluding carboxylic acids is 5. The molecule has 2 amide bonds. The quantitative estimate of drug-likeness (QED) is 0.190. The highest BCUT2D eigenvalue weighted by molar-refractivity contribution is 6.32. The Bertz CT molecular complexity index is 1150. The van der Waals surface area contributed by atoms with Crippen LogP contribution in [0.2, 0.25) is 0 Å². The van der Waals surface area contributed by atoms with Crippen LogP contribution < -0.4 is 4.90 Å². The monoisotopic (exact) mass is 490 g/mol. The number of nitrogens with zero attached hydrogens (tertiary/aromatic N) is 2. The van der Waals surface area contributed by atoms with Gasteiger partial charge in [-0.05, 0) is 47.6 Å². The minimum atomic E-state index is -2.38. The number of Topliss-reactive ketones (excluding diaryl/α,β-unsaturated/α-hetero) is 1. The van der Waals surface area contributed by atoms with E-state index in [4.69, 9.17) is 14.2 Å². The summed E-state index contributed by atoms with van der Waals surface area (Å²) in [5.41, 5.74) is -6.52. The summed E-state index contributed by atoms with van der Waals surface area (Å²) in [4.78, 5) is 77.9. The Hall–Kier alpha value is -3.83. The van der Waals surface area contributed by atoms with Crippen molar-refractivity contribution in [2.24, 2.45) is 11.3 Å². The van der Waals surface area contributed by atoms with Gasteiger partial charge in [-0.15, -0.1) is 0 Å². The summed E-state index contributed by atoms with van der Waals surface area (Å²) in [5.74, 6) is -5.91. The Morgan fingerprint density at radius 2 is 1.71 bits per heavy atom. The second kappa shape index (κ2) is 8.43. The smallest absolute Gasteiger partial charge is 0.421 e. The lowest BCUT2D eigenvalue weighted by Crippen LogP contribution is -2.45. The Balaban J connectivity index is 2.38. The van der Waals surface area contributed by atoms with Crippen LogP contribution in [0.5, 0.6) is 0 Å². The van der Waals surface area contributed by atoms with Gasteiger partial charge in [0.1, 0.15) is 22.7 Å². The van der Waals surface area contributed by atoms with Crippen LogP contribution in [0.25, 0.3) is 0 Å². The first-order valence-electron chi connectivity index (χ1n) is 10.9. The van der Waals surface area contributed by atoms with Crippen molar-refractivity contribution >= 4 is 41.1 Å². The van der Waals surface area contributed by atoms with Gasteiger partial charge in [-0.1, -0.05) is 0 Å². The molecule has 0 radical (unpaired) electrons. The lowest BCUT2D eigenvalue weighted by molar-refractivity contribution is -0.384. The largest absolute Gasteiger partial charge is 0.466 e. The van der Waals surface area contributed by atoms with E-state index in [1.54, 1.807) is 20.8 Å². The number of benzene rings is 1. The molecule has 0 saturated heterocycles. The van der Waals surface area contributed by atoms with E-state index in [2.05, 4.69) is 0 Å². The molecule has 1 aliphatic carbocycles. The minimum Gasteiger partial charge on any atom is -0.466 e. The average Bonchev–Trinajstić information content (AvgIpc) is 3.32. The zero-order valence-corrected chi connectivity index (χ0v) is 20.2. The molecule has 0 bridgehead atoms. The molecule has 1 spiro atoms. The van der Waals surface area contributed by atoms with Crippen molar-refractivity contribution in [2.45, 2.75) is 52.6 Å². The number of ether oxygens (including phenoxy) is 3. The van der Waals surface area contributed by atoms with Gasteiger partial charge in [-0.3, -0.25) is 29.3 Å². The maximum atomic E-state index is 14.0. The minimum absolute atomic E-state index is 0.131. The summed E-state index contributed by atoms with van der Waals surface area (Å²) >= 11 is 0. The number of hydrogen-bond donors (Lipinski definition) is 0. The van der Waals surface area contributed by atoms with Gasteiger partial charge in [-0.25, -0.2) is 9.69 Å². The highest BCUT2D eigenvalue weighted by Gasteiger charge is 2.94. The number of non-ortho nitro benzene ring substituents is 1. The van der Waals surface area contributed by atoms with Crippen LogP contribution in [0.3, 0.4) is 0 Å². The highest BCUT2D eigenvalue weighted by atomic mass is 16.6. The zero-order chi connectivity index (χ0) is 26.5. The van der Waals surface area contributed by atoms with Crippen molar-refractivity contribution < 1.29 is 43.1 Å². The zero-order valence-electron chi connectivity index (χ0n) is 20.2. The Kier molecular flexibility index (Phi) is 6.21. The van der Waals surface area contributed by atoms with Gasteiger partial charge in [0.15, 0.2) is 5.41 Å². The highest BCUT2D eigenvalue weighted by Crippen LogP contribution is 2.75. The molecule has 3 rings (SSSR count). The number of anilines is 1. The van der Waals surface area contributed by atoms with Gasteiger partial charge in [-0.2, -0.15) is 0 Å². The molecular formula is C23H26N2O10. The van der Waals surface area contributed by atoms with Gasteiger partial charge < -0.3 is 14.2 Å². The molecular weight excluding hydrogens is 464 g/mol. The first kappa shape index (κ1) is 25.8. The predicted octanol–water partition coefficient (Wildman–Crippen LogP) is 2.45. The third-order valence-corrected chi connectivity index (χ3v) is 6.05. The number of esters is 2. The van der Waals surface area contributed by atoms with Gasteiger partial charge in [0.25, 0.3) is 5.69 Å². The topological polar surface area (TPSA) is 159 Å². The molecule has 0 N–H and O–H groups in total. The first-order valence-corrected chi connectivity index (χ1v) is 10.9. The third-order valence-electron chi connectivity index (χ3n) is 6.05. The lowest BCUT2D eigenvalue weighted by Gasteiger charge is -2.24. The van der Waals surface area contributed by atoms with E-state index in [-0.39, 0.29) is 24.5 Å². The molecule has 1 saturated carbocycles. The average molecular weight is 490 g/mol. The number of imide groups is 1. The first-order chi connectivity index (χ1) is 16.2. The molecule has 1 aromatic rings. The fourth-order valence-electron chi connectivity index (χ4n) is 4.90. The second-order valence-corrected chi connectivity index (χ2v) is 9.16. The van der Waals surface area contributed by atoms with Crippen LogP contribution in [-0.4, -0.2) is 53.5 Å². The molecule has 0 aromatic heterocycles. The van der Waals surface area contributed by atoms with Crippen LogP contribution in [0.15, 0.2) is 18.2 Å². The molecule has 35 heavy (non-hydrogen) atoms. The summed E-state index contributed by atoms with van der Waals surface area (Å²) < 4.78 is 15.5. The van der Waals surface area contributed by atoms with Gasteiger partial charge in [0, 0.05) is 17.7 Å². The van der Waals surface area contributed by atoms with Crippen LogP contribution in [-0.2, 0) is 38.8 Å². The van der Waals surface area contributed by atoms with Crippen LogP contribution in [0, 0.1) is 21.4 Å². The predicted molar refractivity (Wildman–Crippen MR) is 118 cm³/mol. The molecule has 1 aromatic carbocycles. The molecule has 1 aliphatic heterocycles. The molecule has 0 unspecified atom stereocenters. The Labute approximate surface area is 200 Å². The van der Waals surface area contributed by atoms with Gasteiger partial charge in [0.2, 0.25) is 5.91 Å². The summed E-state index contributed by atoms with van der Waals surface area (Å²) in [6, 6.07) is 3.18. The number of amides is 2. The molecule has 12 heteroatoms. The van der Waals surface area contributed by atoms with Crippen molar-refractivity contribution in [1.82, 2.24) is 0 Å². The van der Waals surface area contributed by atoms with E-state index < -0.39 is 62.7 Å². The number of hydrogen-bond acceptors (Lipinski definition) is 10. The van der Waals surface area contributed by atoms with E-state index in [0.717, 1.165) is 25.1 Å². The molecule has 3 atom stereocenters. The number of ketones is 1. The van der Waals surface area contributed by atoms with Crippen molar-refractivity contribution in [2.75, 3.05) is 18.1 Å². The fourth-order valence-corrected chi connectivity index (χ4v) is 4.90. The SMILES string of the molecule is CCOC(=O)[C@@H]1[C@@](C(C)=O)(C(=O)OCC)[C@]12C(=O)N(C(=O)OC(C)(C)C)c1ccc([N+](=O)[O-])cc12. The molecule has 188 valence electrons. The van der Waals surface area contributed by atoms with Crippen LogP contribution in [0.1, 0.15) is 47.1 Å². The van der Waals surface area contributed by atoms with E-state index in [0.29, 0.717) is 4.90 Å². The Morgan fingerprint density at radius 3 is 2.20 bits per heavy atom. The van der Waals surface area contributed by atoms with E-state index in [1.807, 2.05) is 0 Å². The summed E-state index contributed by atoms with van der Waals surface area (Å²) in [6.45, 7) is 8.37. The molecule has 12 nitrogen and oxygen atoms in total. The van der Waals surface area contributed by atoms with Gasteiger partial charge >= 0.3 is 18.0 Å². The summed E-state index contributed by atoms with van der Waals surface area (Å²) in [7, 11) is 0. The Morgan fingerprint density at radius 1 is 1.11 bits per heavy atom. The van der Waals surface area contributed by atoms with Crippen LogP contribution >= 0.6 is 0 Å². The van der Waals surface area contributed by atoms with E-state index in [9.17, 15) is 34.1 Å². The number of fused-ring (bicyclic) bond motifs is 2. The van der Waals surface area contributed by atoms with Crippen molar-refractivity contribution in [3.8, 4) is 0 Å². The van der Waals surface area contributed by atoms with Crippen molar-refractivity contribution in [3.63, 3.8) is 0 Å². The number of nitro groups is 1. The maximum Gasteiger partial charge on any atom is 0.421 e.